The predicted molar refractivity (Wildman–Crippen MR) is 153 cm³/mol. The SMILES string of the molecule is CCCCCN(CCCCC)C(=O)C(Cc1ccc(N)cc1)C(=O)NS(=O)(=O)c1ccc2ccccc2c1. The highest BCUT2D eigenvalue weighted by atomic mass is 32.2. The molecule has 204 valence electrons. The molecule has 0 radical (unpaired) electrons. The van der Waals surface area contributed by atoms with Crippen LogP contribution in [0.25, 0.3) is 10.8 Å². The third kappa shape index (κ3) is 8.05. The maximum absolute atomic E-state index is 13.8. The molecule has 0 spiro atoms. The predicted octanol–water partition coefficient (Wildman–Crippen LogP) is 5.29. The van der Waals surface area contributed by atoms with E-state index in [1.807, 2.05) is 24.3 Å². The Kier molecular flexibility index (Phi) is 10.7. The topological polar surface area (TPSA) is 110 Å². The van der Waals surface area contributed by atoms with E-state index in [2.05, 4.69) is 18.6 Å². The van der Waals surface area contributed by atoms with Crippen LogP contribution in [-0.4, -0.2) is 38.2 Å². The van der Waals surface area contributed by atoms with Crippen LogP contribution in [0.3, 0.4) is 0 Å². The summed E-state index contributed by atoms with van der Waals surface area (Å²) >= 11 is 0. The van der Waals surface area contributed by atoms with Gasteiger partial charge in [-0.15, -0.1) is 0 Å². The standard InChI is InChI=1S/C30H39N3O4S/c1-3-5-9-19-33(20-10-6-4-2)30(35)28(21-23-13-16-26(31)17-14-23)29(34)32-38(36,37)27-18-15-24-11-7-8-12-25(24)22-27/h7-8,11-18,22,28H,3-6,9-10,19-21,31H2,1-2H3,(H,32,34). The fourth-order valence-electron chi connectivity index (χ4n) is 4.44. The maximum Gasteiger partial charge on any atom is 0.264 e. The zero-order chi connectivity index (χ0) is 27.5. The van der Waals surface area contributed by atoms with Crippen molar-refractivity contribution in [3.8, 4) is 0 Å². The molecule has 38 heavy (non-hydrogen) atoms. The van der Waals surface area contributed by atoms with E-state index >= 15 is 0 Å². The van der Waals surface area contributed by atoms with Gasteiger partial charge in [-0.1, -0.05) is 82.0 Å². The largest absolute Gasteiger partial charge is 0.399 e. The van der Waals surface area contributed by atoms with Gasteiger partial charge in [0.25, 0.3) is 10.0 Å². The van der Waals surface area contributed by atoms with E-state index in [1.54, 1.807) is 35.2 Å². The van der Waals surface area contributed by atoms with Crippen LogP contribution in [0, 0.1) is 5.92 Å². The van der Waals surface area contributed by atoms with E-state index in [0.29, 0.717) is 18.8 Å². The number of rotatable bonds is 14. The number of carbonyl (C=O) groups excluding carboxylic acids is 2. The Morgan fingerprint density at radius 1 is 0.842 bits per heavy atom. The van der Waals surface area contributed by atoms with Crippen molar-refractivity contribution in [3.05, 3.63) is 72.3 Å². The van der Waals surface area contributed by atoms with E-state index < -0.39 is 21.8 Å². The molecule has 0 aliphatic carbocycles. The Balaban J connectivity index is 1.88. The Morgan fingerprint density at radius 3 is 2.05 bits per heavy atom. The summed E-state index contributed by atoms with van der Waals surface area (Å²) in [4.78, 5) is 29.0. The van der Waals surface area contributed by atoms with Gasteiger partial charge in [-0.25, -0.2) is 13.1 Å². The van der Waals surface area contributed by atoms with Crippen LogP contribution < -0.4 is 10.5 Å². The number of nitrogens with zero attached hydrogens (tertiary/aromatic N) is 1. The number of unbranched alkanes of at least 4 members (excludes halogenated alkanes) is 4. The van der Waals surface area contributed by atoms with E-state index in [-0.39, 0.29) is 17.2 Å². The van der Waals surface area contributed by atoms with Crippen LogP contribution in [0.15, 0.2) is 71.6 Å². The van der Waals surface area contributed by atoms with Crippen molar-refractivity contribution in [1.29, 1.82) is 0 Å². The summed E-state index contributed by atoms with van der Waals surface area (Å²) in [7, 11) is -4.19. The molecule has 3 aromatic carbocycles. The molecule has 3 N–H and O–H groups in total. The average Bonchev–Trinajstić information content (AvgIpc) is 2.91. The van der Waals surface area contributed by atoms with Gasteiger partial charge < -0.3 is 10.6 Å². The number of hydrogen-bond acceptors (Lipinski definition) is 5. The van der Waals surface area contributed by atoms with Crippen molar-refractivity contribution in [2.45, 2.75) is 63.7 Å². The average molecular weight is 538 g/mol. The molecule has 7 nitrogen and oxygen atoms in total. The van der Waals surface area contributed by atoms with Gasteiger partial charge in [-0.05, 0) is 59.9 Å². The first-order valence-electron chi connectivity index (χ1n) is 13.4. The molecule has 1 unspecified atom stereocenters. The maximum atomic E-state index is 13.8. The van der Waals surface area contributed by atoms with E-state index in [0.717, 1.165) is 54.9 Å². The molecule has 0 aromatic heterocycles. The van der Waals surface area contributed by atoms with Gasteiger partial charge in [-0.3, -0.25) is 9.59 Å². The van der Waals surface area contributed by atoms with Crippen LogP contribution in [-0.2, 0) is 26.0 Å². The molecule has 8 heteroatoms. The molecule has 0 bridgehead atoms. The third-order valence-electron chi connectivity index (χ3n) is 6.68. The van der Waals surface area contributed by atoms with Gasteiger partial charge in [-0.2, -0.15) is 0 Å². The summed E-state index contributed by atoms with van der Waals surface area (Å²) in [6.07, 6.45) is 5.72. The zero-order valence-electron chi connectivity index (χ0n) is 22.4. The number of nitrogens with two attached hydrogens (primary N) is 1. The van der Waals surface area contributed by atoms with E-state index in [1.165, 1.54) is 12.1 Å². The molecular formula is C30H39N3O4S. The normalized spacial score (nSPS) is 12.3. The molecule has 2 amide bonds. The van der Waals surface area contributed by atoms with Crippen molar-refractivity contribution in [3.63, 3.8) is 0 Å². The number of carbonyl (C=O) groups is 2. The monoisotopic (exact) mass is 537 g/mol. The molecule has 0 aliphatic rings. The summed E-state index contributed by atoms with van der Waals surface area (Å²) in [6, 6.07) is 19.0. The molecular weight excluding hydrogens is 498 g/mol. The van der Waals surface area contributed by atoms with E-state index in [9.17, 15) is 18.0 Å². The number of amides is 2. The number of nitrogens with one attached hydrogen (secondary N) is 1. The van der Waals surface area contributed by atoms with Crippen LogP contribution in [0.5, 0.6) is 0 Å². The summed E-state index contributed by atoms with van der Waals surface area (Å²) in [5, 5.41) is 1.64. The van der Waals surface area contributed by atoms with Gasteiger partial charge in [0.1, 0.15) is 5.92 Å². The fourth-order valence-corrected chi connectivity index (χ4v) is 5.49. The summed E-state index contributed by atoms with van der Waals surface area (Å²) in [6.45, 7) is 5.27. The number of anilines is 1. The van der Waals surface area contributed by atoms with E-state index in [4.69, 9.17) is 5.73 Å². The number of fused-ring (bicyclic) bond motifs is 1. The molecule has 0 heterocycles. The van der Waals surface area contributed by atoms with Crippen molar-refractivity contribution in [2.24, 2.45) is 5.92 Å². The lowest BCUT2D eigenvalue weighted by Gasteiger charge is -2.27. The highest BCUT2D eigenvalue weighted by Gasteiger charge is 2.33. The van der Waals surface area contributed by atoms with Crippen molar-refractivity contribution in [2.75, 3.05) is 18.8 Å². The Hall–Kier alpha value is -3.39. The summed E-state index contributed by atoms with van der Waals surface area (Å²) in [5.41, 5.74) is 7.12. The number of hydrogen-bond donors (Lipinski definition) is 2. The molecule has 1 atom stereocenters. The number of benzene rings is 3. The minimum absolute atomic E-state index is 0.0222. The third-order valence-corrected chi connectivity index (χ3v) is 8.02. The molecule has 3 aromatic rings. The summed E-state index contributed by atoms with van der Waals surface area (Å²) in [5.74, 6) is -2.35. The zero-order valence-corrected chi connectivity index (χ0v) is 23.2. The number of sulfonamides is 1. The molecule has 0 saturated carbocycles. The minimum Gasteiger partial charge on any atom is -0.399 e. The molecule has 0 aliphatic heterocycles. The second-order valence-electron chi connectivity index (χ2n) is 9.72. The van der Waals surface area contributed by atoms with Gasteiger partial charge in [0.15, 0.2) is 0 Å². The minimum atomic E-state index is -4.19. The summed E-state index contributed by atoms with van der Waals surface area (Å²) < 4.78 is 28.7. The Bertz CT molecular complexity index is 1310. The van der Waals surface area contributed by atoms with Gasteiger partial charge >= 0.3 is 0 Å². The van der Waals surface area contributed by atoms with Gasteiger partial charge in [0.2, 0.25) is 11.8 Å². The lowest BCUT2D eigenvalue weighted by Crippen LogP contribution is -2.46. The van der Waals surface area contributed by atoms with Gasteiger partial charge in [0, 0.05) is 18.8 Å². The lowest BCUT2D eigenvalue weighted by atomic mass is 9.96. The molecule has 3 rings (SSSR count). The highest BCUT2D eigenvalue weighted by Crippen LogP contribution is 2.21. The first-order valence-corrected chi connectivity index (χ1v) is 14.9. The van der Waals surface area contributed by atoms with Crippen molar-refractivity contribution in [1.82, 2.24) is 9.62 Å². The van der Waals surface area contributed by atoms with Crippen LogP contribution in [0.1, 0.15) is 57.9 Å². The molecule has 0 saturated heterocycles. The quantitative estimate of drug-likeness (QED) is 0.165. The van der Waals surface area contributed by atoms with Crippen molar-refractivity contribution < 1.29 is 18.0 Å². The van der Waals surface area contributed by atoms with Crippen molar-refractivity contribution >= 4 is 38.3 Å². The smallest absolute Gasteiger partial charge is 0.264 e. The molecule has 0 fully saturated rings. The Morgan fingerprint density at radius 2 is 1.45 bits per heavy atom. The second kappa shape index (κ2) is 14.0. The van der Waals surface area contributed by atoms with Crippen LogP contribution in [0.2, 0.25) is 0 Å². The number of nitrogen functional groups attached to an aromatic ring is 1. The van der Waals surface area contributed by atoms with Gasteiger partial charge in [0.05, 0.1) is 4.90 Å². The fraction of sp³-hybridized carbons (Fsp3) is 0.400. The lowest BCUT2D eigenvalue weighted by molar-refractivity contribution is -0.141. The Labute approximate surface area is 226 Å². The first kappa shape index (κ1) is 29.2. The highest BCUT2D eigenvalue weighted by molar-refractivity contribution is 7.90. The first-order chi connectivity index (χ1) is 18.2. The van der Waals surface area contributed by atoms with Crippen LogP contribution in [0.4, 0.5) is 5.69 Å². The van der Waals surface area contributed by atoms with Crippen LogP contribution >= 0.6 is 0 Å². The second-order valence-corrected chi connectivity index (χ2v) is 11.4.